The van der Waals surface area contributed by atoms with Crippen LogP contribution in [-0.2, 0) is 33.9 Å². The summed E-state index contributed by atoms with van der Waals surface area (Å²) in [6, 6.07) is 15.9. The lowest BCUT2D eigenvalue weighted by Crippen LogP contribution is -2.32. The topological polar surface area (TPSA) is 58.6 Å². The molecule has 1 unspecified atom stereocenters. The third-order valence-corrected chi connectivity index (χ3v) is 4.95. The fourth-order valence-corrected chi connectivity index (χ4v) is 3.30. The Labute approximate surface area is 160 Å². The average molecular weight is 366 g/mol. The van der Waals surface area contributed by atoms with E-state index in [1.807, 2.05) is 48.5 Å². The van der Waals surface area contributed by atoms with E-state index in [1.54, 1.807) is 12.0 Å². The smallest absolute Gasteiger partial charge is 0.227 e. The Bertz CT molecular complexity index is 784. The molecule has 1 fully saturated rings. The van der Waals surface area contributed by atoms with Crippen molar-refractivity contribution in [2.24, 2.45) is 5.92 Å². The van der Waals surface area contributed by atoms with E-state index in [2.05, 4.69) is 12.2 Å². The summed E-state index contributed by atoms with van der Waals surface area (Å²) in [7, 11) is 1.67. The van der Waals surface area contributed by atoms with Crippen LogP contribution in [0.4, 0.5) is 5.69 Å². The van der Waals surface area contributed by atoms with Gasteiger partial charge in [0.2, 0.25) is 11.8 Å². The van der Waals surface area contributed by atoms with Gasteiger partial charge in [0.1, 0.15) is 0 Å². The molecule has 27 heavy (non-hydrogen) atoms. The molecule has 142 valence electrons. The first-order valence-electron chi connectivity index (χ1n) is 9.34. The molecule has 1 N–H and O–H groups in total. The van der Waals surface area contributed by atoms with E-state index in [1.165, 1.54) is 5.56 Å². The van der Waals surface area contributed by atoms with Gasteiger partial charge >= 0.3 is 0 Å². The number of anilines is 1. The Morgan fingerprint density at radius 2 is 1.70 bits per heavy atom. The number of hydrogen-bond donors (Lipinski definition) is 1. The minimum absolute atomic E-state index is 0.00307. The van der Waals surface area contributed by atoms with Gasteiger partial charge in [-0.25, -0.2) is 0 Å². The molecule has 0 spiro atoms. The van der Waals surface area contributed by atoms with Crippen molar-refractivity contribution in [3.63, 3.8) is 0 Å². The van der Waals surface area contributed by atoms with E-state index in [0.29, 0.717) is 19.7 Å². The largest absolute Gasteiger partial charge is 0.380 e. The van der Waals surface area contributed by atoms with Crippen LogP contribution in [0, 0.1) is 5.92 Å². The molecule has 1 saturated heterocycles. The molecule has 0 aromatic heterocycles. The molecule has 1 heterocycles. The molecule has 0 bridgehead atoms. The molecular weight excluding hydrogens is 340 g/mol. The van der Waals surface area contributed by atoms with Crippen molar-refractivity contribution in [1.82, 2.24) is 5.32 Å². The second-order valence-corrected chi connectivity index (χ2v) is 6.89. The van der Waals surface area contributed by atoms with Gasteiger partial charge in [-0.15, -0.1) is 0 Å². The number of benzene rings is 2. The summed E-state index contributed by atoms with van der Waals surface area (Å²) < 4.78 is 5.10. The van der Waals surface area contributed by atoms with Crippen molar-refractivity contribution in [2.75, 3.05) is 18.6 Å². The van der Waals surface area contributed by atoms with Crippen LogP contribution in [0.5, 0.6) is 0 Å². The maximum Gasteiger partial charge on any atom is 0.227 e. The van der Waals surface area contributed by atoms with Crippen LogP contribution in [0.2, 0.25) is 0 Å². The van der Waals surface area contributed by atoms with Crippen LogP contribution in [0.25, 0.3) is 0 Å². The molecule has 0 saturated carbocycles. The average Bonchev–Trinajstić information content (AvgIpc) is 3.09. The van der Waals surface area contributed by atoms with Crippen molar-refractivity contribution in [3.8, 4) is 0 Å². The molecule has 0 aliphatic carbocycles. The van der Waals surface area contributed by atoms with Crippen LogP contribution in [-0.4, -0.2) is 25.5 Å². The number of methoxy groups -OCH3 is 1. The number of carbonyl (C=O) groups excluding carboxylic acids is 2. The molecule has 1 aliphatic heterocycles. The molecule has 2 amide bonds. The number of hydrogen-bond acceptors (Lipinski definition) is 3. The molecule has 3 rings (SSSR count). The zero-order valence-corrected chi connectivity index (χ0v) is 15.9. The Hall–Kier alpha value is -2.66. The third-order valence-electron chi connectivity index (χ3n) is 4.95. The standard InChI is InChI=1S/C22H26N2O3/c1-3-16-8-10-20(11-9-16)24-14-19(12-21(24)25)22(26)23-13-17-4-6-18(7-5-17)15-27-2/h4-11,19H,3,12-15H2,1-2H3,(H,23,26). The summed E-state index contributed by atoms with van der Waals surface area (Å²) in [6.07, 6.45) is 1.22. The van der Waals surface area contributed by atoms with Gasteiger partial charge in [0.15, 0.2) is 0 Å². The molecule has 0 radical (unpaired) electrons. The van der Waals surface area contributed by atoms with Gasteiger partial charge in [0.05, 0.1) is 12.5 Å². The van der Waals surface area contributed by atoms with Crippen molar-refractivity contribution in [3.05, 3.63) is 65.2 Å². The predicted molar refractivity (Wildman–Crippen MR) is 105 cm³/mol. The summed E-state index contributed by atoms with van der Waals surface area (Å²) in [4.78, 5) is 26.6. The number of rotatable bonds is 7. The number of amides is 2. The Balaban J connectivity index is 1.55. The van der Waals surface area contributed by atoms with Gasteiger partial charge in [0, 0.05) is 32.3 Å². The lowest BCUT2D eigenvalue weighted by Gasteiger charge is -2.17. The number of nitrogens with zero attached hydrogens (tertiary/aromatic N) is 1. The van der Waals surface area contributed by atoms with E-state index < -0.39 is 0 Å². The highest BCUT2D eigenvalue weighted by Gasteiger charge is 2.34. The quantitative estimate of drug-likeness (QED) is 0.819. The maximum atomic E-state index is 12.5. The highest BCUT2D eigenvalue weighted by molar-refractivity contribution is 6.00. The summed E-state index contributed by atoms with van der Waals surface area (Å²) in [6.45, 7) is 3.57. The number of carbonyl (C=O) groups is 2. The van der Waals surface area contributed by atoms with Crippen molar-refractivity contribution < 1.29 is 14.3 Å². The summed E-state index contributed by atoms with van der Waals surface area (Å²) in [5.41, 5.74) is 4.22. The van der Waals surface area contributed by atoms with Gasteiger partial charge < -0.3 is 15.0 Å². The van der Waals surface area contributed by atoms with E-state index in [0.717, 1.165) is 23.2 Å². The minimum Gasteiger partial charge on any atom is -0.380 e. The molecule has 5 nitrogen and oxygen atoms in total. The lowest BCUT2D eigenvalue weighted by molar-refractivity contribution is -0.126. The number of ether oxygens (including phenoxy) is 1. The first kappa shape index (κ1) is 19.1. The van der Waals surface area contributed by atoms with E-state index in [-0.39, 0.29) is 24.2 Å². The van der Waals surface area contributed by atoms with Crippen molar-refractivity contribution >= 4 is 17.5 Å². The highest BCUT2D eigenvalue weighted by atomic mass is 16.5. The van der Waals surface area contributed by atoms with E-state index in [9.17, 15) is 9.59 Å². The molecule has 5 heteroatoms. The van der Waals surface area contributed by atoms with E-state index >= 15 is 0 Å². The van der Waals surface area contributed by atoms with Gasteiger partial charge in [-0.05, 0) is 35.2 Å². The SMILES string of the molecule is CCc1ccc(N2CC(C(=O)NCc3ccc(COC)cc3)CC2=O)cc1. The highest BCUT2D eigenvalue weighted by Crippen LogP contribution is 2.25. The first-order valence-corrected chi connectivity index (χ1v) is 9.34. The maximum absolute atomic E-state index is 12.5. The normalized spacial score (nSPS) is 16.6. The van der Waals surface area contributed by atoms with Crippen LogP contribution in [0.3, 0.4) is 0 Å². The Morgan fingerprint density at radius 1 is 1.07 bits per heavy atom. The second kappa shape index (κ2) is 8.82. The molecule has 2 aromatic rings. The van der Waals surface area contributed by atoms with Crippen LogP contribution in [0.15, 0.2) is 48.5 Å². The van der Waals surface area contributed by atoms with Crippen molar-refractivity contribution in [1.29, 1.82) is 0 Å². The molecular formula is C22H26N2O3. The predicted octanol–water partition coefficient (Wildman–Crippen LogP) is 3.06. The summed E-state index contributed by atoms with van der Waals surface area (Å²) >= 11 is 0. The Kier molecular flexibility index (Phi) is 6.24. The first-order chi connectivity index (χ1) is 13.1. The lowest BCUT2D eigenvalue weighted by atomic mass is 10.1. The number of aryl methyl sites for hydroxylation is 1. The summed E-state index contributed by atoms with van der Waals surface area (Å²) in [5.74, 6) is -0.378. The monoisotopic (exact) mass is 366 g/mol. The third kappa shape index (κ3) is 4.74. The van der Waals surface area contributed by atoms with E-state index in [4.69, 9.17) is 4.74 Å². The van der Waals surface area contributed by atoms with Crippen LogP contribution < -0.4 is 10.2 Å². The zero-order valence-electron chi connectivity index (χ0n) is 15.9. The molecule has 1 aliphatic rings. The van der Waals surface area contributed by atoms with Gasteiger partial charge in [-0.1, -0.05) is 43.3 Å². The zero-order chi connectivity index (χ0) is 19.2. The van der Waals surface area contributed by atoms with Gasteiger partial charge in [-0.2, -0.15) is 0 Å². The minimum atomic E-state index is -0.309. The fraction of sp³-hybridized carbons (Fsp3) is 0.364. The van der Waals surface area contributed by atoms with Crippen LogP contribution in [0.1, 0.15) is 30.0 Å². The van der Waals surface area contributed by atoms with Crippen molar-refractivity contribution in [2.45, 2.75) is 32.9 Å². The van der Waals surface area contributed by atoms with Gasteiger partial charge in [0.25, 0.3) is 0 Å². The molecule has 2 aromatic carbocycles. The summed E-state index contributed by atoms with van der Waals surface area (Å²) in [5, 5.41) is 2.95. The molecule has 1 atom stereocenters. The van der Waals surface area contributed by atoms with Crippen LogP contribution >= 0.6 is 0 Å². The van der Waals surface area contributed by atoms with Gasteiger partial charge in [-0.3, -0.25) is 9.59 Å². The Morgan fingerprint density at radius 3 is 2.33 bits per heavy atom. The fourth-order valence-electron chi connectivity index (χ4n) is 3.30. The second-order valence-electron chi connectivity index (χ2n) is 6.89. The number of nitrogens with one attached hydrogen (secondary N) is 1.